The second-order valence-corrected chi connectivity index (χ2v) is 3.99. The summed E-state index contributed by atoms with van der Waals surface area (Å²) in [6, 6.07) is 0. The van der Waals surface area contributed by atoms with Crippen LogP contribution in [0, 0.1) is 5.92 Å². The van der Waals surface area contributed by atoms with Crippen LogP contribution in [-0.2, 0) is 4.74 Å². The lowest BCUT2D eigenvalue weighted by molar-refractivity contribution is 0.197. The molecule has 14 heavy (non-hydrogen) atoms. The normalized spacial score (nSPS) is 19.9. The standard InChI is InChI=1S/C11H22N2O/c1-14-9-5-8-13-11(12)10-6-3-2-4-7-10/h10H,2-9H2,1H3,(H2,12,13). The molecule has 0 bridgehead atoms. The number of ether oxygens (including phenoxy) is 1. The van der Waals surface area contributed by atoms with Crippen molar-refractivity contribution in [1.29, 1.82) is 0 Å². The van der Waals surface area contributed by atoms with Crippen LogP contribution in [0.25, 0.3) is 0 Å². The van der Waals surface area contributed by atoms with Crippen LogP contribution in [0.1, 0.15) is 38.5 Å². The number of amidine groups is 1. The summed E-state index contributed by atoms with van der Waals surface area (Å²) < 4.78 is 4.96. The lowest BCUT2D eigenvalue weighted by Gasteiger charge is -2.20. The predicted octanol–water partition coefficient (Wildman–Crippen LogP) is 1.96. The lowest BCUT2D eigenvalue weighted by atomic mass is 9.88. The first-order chi connectivity index (χ1) is 6.84. The second-order valence-electron chi connectivity index (χ2n) is 3.99. The van der Waals surface area contributed by atoms with E-state index in [0.29, 0.717) is 5.92 Å². The van der Waals surface area contributed by atoms with Gasteiger partial charge in [0.25, 0.3) is 0 Å². The van der Waals surface area contributed by atoms with E-state index >= 15 is 0 Å². The number of hydrogen-bond donors (Lipinski definition) is 1. The summed E-state index contributed by atoms with van der Waals surface area (Å²) in [6.07, 6.45) is 7.45. The molecule has 0 amide bonds. The Morgan fingerprint density at radius 2 is 2.07 bits per heavy atom. The molecular formula is C11H22N2O. The van der Waals surface area contributed by atoms with Gasteiger partial charge >= 0.3 is 0 Å². The van der Waals surface area contributed by atoms with Crippen LogP contribution >= 0.6 is 0 Å². The Morgan fingerprint density at radius 3 is 2.71 bits per heavy atom. The maximum atomic E-state index is 5.94. The van der Waals surface area contributed by atoms with Crippen LogP contribution in [0.5, 0.6) is 0 Å². The van der Waals surface area contributed by atoms with Gasteiger partial charge in [0.15, 0.2) is 0 Å². The zero-order valence-electron chi connectivity index (χ0n) is 9.17. The number of methoxy groups -OCH3 is 1. The summed E-state index contributed by atoms with van der Waals surface area (Å²) in [6.45, 7) is 1.59. The number of rotatable bonds is 5. The summed E-state index contributed by atoms with van der Waals surface area (Å²) in [4.78, 5) is 4.40. The average molecular weight is 198 g/mol. The second kappa shape index (κ2) is 6.82. The minimum atomic E-state index is 0.561. The maximum Gasteiger partial charge on any atom is 0.0968 e. The van der Waals surface area contributed by atoms with E-state index in [4.69, 9.17) is 10.5 Å². The number of hydrogen-bond acceptors (Lipinski definition) is 2. The fourth-order valence-corrected chi connectivity index (χ4v) is 1.94. The molecule has 0 saturated heterocycles. The van der Waals surface area contributed by atoms with Crippen LogP contribution < -0.4 is 5.73 Å². The van der Waals surface area contributed by atoms with E-state index in [1.54, 1.807) is 7.11 Å². The molecule has 1 fully saturated rings. The average Bonchev–Trinajstić information content (AvgIpc) is 2.25. The smallest absolute Gasteiger partial charge is 0.0968 e. The summed E-state index contributed by atoms with van der Waals surface area (Å²) in [5, 5.41) is 0. The first-order valence-corrected chi connectivity index (χ1v) is 5.63. The molecule has 0 unspecified atom stereocenters. The fourth-order valence-electron chi connectivity index (χ4n) is 1.94. The Bertz CT molecular complexity index is 174. The van der Waals surface area contributed by atoms with Crippen molar-refractivity contribution in [2.75, 3.05) is 20.3 Å². The molecule has 1 aliphatic rings. The van der Waals surface area contributed by atoms with Crippen LogP contribution in [0.3, 0.4) is 0 Å². The SMILES string of the molecule is COCCCN=C(N)C1CCCCC1. The Morgan fingerprint density at radius 1 is 1.36 bits per heavy atom. The number of aliphatic imine (C=N–C) groups is 1. The van der Waals surface area contributed by atoms with Crippen molar-refractivity contribution >= 4 is 5.84 Å². The molecule has 0 aromatic carbocycles. The van der Waals surface area contributed by atoms with Gasteiger partial charge in [-0.2, -0.15) is 0 Å². The molecule has 1 rings (SSSR count). The monoisotopic (exact) mass is 198 g/mol. The maximum absolute atomic E-state index is 5.94. The molecule has 0 heterocycles. The zero-order valence-corrected chi connectivity index (χ0v) is 9.17. The van der Waals surface area contributed by atoms with E-state index in [0.717, 1.165) is 25.4 Å². The van der Waals surface area contributed by atoms with Gasteiger partial charge in [0, 0.05) is 26.2 Å². The van der Waals surface area contributed by atoms with Crippen molar-refractivity contribution in [1.82, 2.24) is 0 Å². The third kappa shape index (κ3) is 4.09. The Balaban J connectivity index is 2.20. The highest BCUT2D eigenvalue weighted by Crippen LogP contribution is 2.23. The van der Waals surface area contributed by atoms with Gasteiger partial charge in [-0.25, -0.2) is 0 Å². The third-order valence-corrected chi connectivity index (χ3v) is 2.82. The number of nitrogens with zero attached hydrogens (tertiary/aromatic N) is 1. The number of nitrogens with two attached hydrogens (primary N) is 1. The first-order valence-electron chi connectivity index (χ1n) is 5.63. The molecule has 3 nitrogen and oxygen atoms in total. The predicted molar refractivity (Wildman–Crippen MR) is 59.6 cm³/mol. The minimum Gasteiger partial charge on any atom is -0.387 e. The molecule has 0 aliphatic heterocycles. The highest BCUT2D eigenvalue weighted by Gasteiger charge is 2.16. The van der Waals surface area contributed by atoms with E-state index in [-0.39, 0.29) is 0 Å². The zero-order chi connectivity index (χ0) is 10.2. The van der Waals surface area contributed by atoms with E-state index < -0.39 is 0 Å². The van der Waals surface area contributed by atoms with Gasteiger partial charge in [0.2, 0.25) is 0 Å². The van der Waals surface area contributed by atoms with Crippen molar-refractivity contribution in [3.63, 3.8) is 0 Å². The molecule has 0 spiro atoms. The van der Waals surface area contributed by atoms with Gasteiger partial charge in [0.1, 0.15) is 0 Å². The van der Waals surface area contributed by atoms with Crippen molar-refractivity contribution in [3.8, 4) is 0 Å². The van der Waals surface area contributed by atoms with Crippen LogP contribution in [0.2, 0.25) is 0 Å². The van der Waals surface area contributed by atoms with E-state index in [1.165, 1.54) is 32.1 Å². The van der Waals surface area contributed by atoms with E-state index in [2.05, 4.69) is 4.99 Å². The van der Waals surface area contributed by atoms with Gasteiger partial charge in [-0.3, -0.25) is 4.99 Å². The first kappa shape index (κ1) is 11.5. The molecule has 1 aliphatic carbocycles. The van der Waals surface area contributed by atoms with Crippen molar-refractivity contribution in [2.45, 2.75) is 38.5 Å². The van der Waals surface area contributed by atoms with Gasteiger partial charge in [-0.05, 0) is 19.3 Å². The van der Waals surface area contributed by atoms with Crippen LogP contribution in [0.15, 0.2) is 4.99 Å². The molecule has 1 saturated carbocycles. The third-order valence-electron chi connectivity index (χ3n) is 2.82. The topological polar surface area (TPSA) is 47.6 Å². The van der Waals surface area contributed by atoms with Crippen molar-refractivity contribution < 1.29 is 4.74 Å². The van der Waals surface area contributed by atoms with Crippen LogP contribution in [0.4, 0.5) is 0 Å². The quantitative estimate of drug-likeness (QED) is 0.417. The minimum absolute atomic E-state index is 0.561. The van der Waals surface area contributed by atoms with Crippen molar-refractivity contribution in [3.05, 3.63) is 0 Å². The Hall–Kier alpha value is -0.570. The van der Waals surface area contributed by atoms with Gasteiger partial charge < -0.3 is 10.5 Å². The largest absolute Gasteiger partial charge is 0.387 e. The highest BCUT2D eigenvalue weighted by molar-refractivity contribution is 5.82. The van der Waals surface area contributed by atoms with Gasteiger partial charge in [-0.1, -0.05) is 19.3 Å². The van der Waals surface area contributed by atoms with E-state index in [1.807, 2.05) is 0 Å². The van der Waals surface area contributed by atoms with Crippen LogP contribution in [-0.4, -0.2) is 26.1 Å². The molecule has 0 aromatic heterocycles. The summed E-state index contributed by atoms with van der Waals surface area (Å²) >= 11 is 0. The Labute approximate surface area is 86.7 Å². The molecule has 3 heteroatoms. The molecule has 0 atom stereocenters. The highest BCUT2D eigenvalue weighted by atomic mass is 16.5. The van der Waals surface area contributed by atoms with Gasteiger partial charge in [-0.15, -0.1) is 0 Å². The fraction of sp³-hybridized carbons (Fsp3) is 0.909. The summed E-state index contributed by atoms with van der Waals surface area (Å²) in [5.74, 6) is 1.44. The van der Waals surface area contributed by atoms with E-state index in [9.17, 15) is 0 Å². The van der Waals surface area contributed by atoms with Crippen molar-refractivity contribution in [2.24, 2.45) is 16.6 Å². The molecule has 82 valence electrons. The molecule has 0 radical (unpaired) electrons. The summed E-state index contributed by atoms with van der Waals surface area (Å²) in [7, 11) is 1.72. The van der Waals surface area contributed by atoms with Gasteiger partial charge in [0.05, 0.1) is 5.84 Å². The molecular weight excluding hydrogens is 176 g/mol. The molecule has 2 N–H and O–H groups in total. The molecule has 0 aromatic rings. The lowest BCUT2D eigenvalue weighted by Crippen LogP contribution is -2.26. The Kier molecular flexibility index (Phi) is 5.60. The summed E-state index contributed by atoms with van der Waals surface area (Å²) in [5.41, 5.74) is 5.94.